The van der Waals surface area contributed by atoms with Gasteiger partial charge in [-0.2, -0.15) is 0 Å². The number of hydrogen-bond acceptors (Lipinski definition) is 2. The molecule has 0 saturated heterocycles. The second kappa shape index (κ2) is 5.49. The Morgan fingerprint density at radius 3 is 2.45 bits per heavy atom. The molecule has 1 heterocycles. The summed E-state index contributed by atoms with van der Waals surface area (Å²) in [7, 11) is 0. The van der Waals surface area contributed by atoms with Gasteiger partial charge in [0.15, 0.2) is 0 Å². The molecule has 108 valence electrons. The monoisotopic (exact) mass is 494 g/mol. The van der Waals surface area contributed by atoms with Crippen LogP contribution < -0.4 is 0 Å². The van der Waals surface area contributed by atoms with E-state index in [1.54, 1.807) is 18.5 Å². The standard InChI is InChI=1S/C15H9F3N2O.Tl/c16-15(17,18)12-5-9(1-2-11(12)7-21)10-3-4-13-14(6-10)20-8-19-13;/h1-8H,(H,19,20,21);/q;+1/p-1. The molecule has 3 nitrogen and oxygen atoms in total. The number of benzene rings is 2. The molecule has 0 aliphatic rings. The van der Waals surface area contributed by atoms with Crippen molar-refractivity contribution in [2.24, 2.45) is 0 Å². The second-order valence-electron chi connectivity index (χ2n) is 4.77. The van der Waals surface area contributed by atoms with Crippen LogP contribution in [0.25, 0.3) is 22.2 Å². The predicted octanol–water partition coefficient (Wildman–Crippen LogP) is 3.47. The van der Waals surface area contributed by atoms with Gasteiger partial charge in [0.2, 0.25) is 0 Å². The van der Waals surface area contributed by atoms with Crippen molar-refractivity contribution < 1.29 is 18.0 Å². The summed E-state index contributed by atoms with van der Waals surface area (Å²) in [5.74, 6) is 0. The summed E-state index contributed by atoms with van der Waals surface area (Å²) in [6.07, 6.45) is -2.61. The average Bonchev–Trinajstić information content (AvgIpc) is 2.86. The number of aldehydes is 1. The molecule has 0 spiro atoms. The Hall–Kier alpha value is -1.71. The third-order valence-corrected chi connectivity index (χ3v) is 4.99. The fourth-order valence-electron chi connectivity index (χ4n) is 2.29. The Bertz CT molecular complexity index is 871. The van der Waals surface area contributed by atoms with Gasteiger partial charge in [-0.05, 0) is 0 Å². The third-order valence-electron chi connectivity index (χ3n) is 3.39. The van der Waals surface area contributed by atoms with E-state index in [9.17, 15) is 18.0 Å². The van der Waals surface area contributed by atoms with Gasteiger partial charge >= 0.3 is 140 Å². The van der Waals surface area contributed by atoms with Crippen molar-refractivity contribution in [1.29, 1.82) is 0 Å². The summed E-state index contributed by atoms with van der Waals surface area (Å²) in [5, 5.41) is 0. The summed E-state index contributed by atoms with van der Waals surface area (Å²) in [6.45, 7) is 0. The summed E-state index contributed by atoms with van der Waals surface area (Å²) >= 11 is 0.522. The number of halogens is 3. The van der Waals surface area contributed by atoms with Gasteiger partial charge in [-0.3, -0.25) is 0 Å². The van der Waals surface area contributed by atoms with Gasteiger partial charge < -0.3 is 0 Å². The fraction of sp³-hybridized carbons (Fsp3) is 0.0667. The molecule has 22 heavy (non-hydrogen) atoms. The van der Waals surface area contributed by atoms with Gasteiger partial charge in [0.1, 0.15) is 0 Å². The summed E-state index contributed by atoms with van der Waals surface area (Å²) < 4.78 is 41.1. The number of alkyl halides is 3. The summed E-state index contributed by atoms with van der Waals surface area (Å²) in [5.41, 5.74) is 1.53. The maximum absolute atomic E-state index is 13.0. The Morgan fingerprint density at radius 1 is 1.09 bits per heavy atom. The molecule has 0 bridgehead atoms. The van der Waals surface area contributed by atoms with E-state index < -0.39 is 11.7 Å². The number of rotatable bonds is 2. The normalized spacial score (nSPS) is 11.7. The number of carbonyl (C=O) groups is 1. The number of aromatic nitrogens is 2. The second-order valence-corrected chi connectivity index (χ2v) is 6.94. The Labute approximate surface area is 139 Å². The van der Waals surface area contributed by atoms with E-state index in [0.29, 0.717) is 37.2 Å². The zero-order valence-electron chi connectivity index (χ0n) is 11.1. The molecule has 0 atom stereocenters. The van der Waals surface area contributed by atoms with Gasteiger partial charge in [-0.15, -0.1) is 0 Å². The zero-order chi connectivity index (χ0) is 15.9. The summed E-state index contributed by atoms with van der Waals surface area (Å²) in [6, 6.07) is 9.07. The molecule has 0 unspecified atom stereocenters. The Kier molecular flexibility index (Phi) is 3.79. The van der Waals surface area contributed by atoms with E-state index in [1.165, 1.54) is 12.1 Å². The van der Waals surface area contributed by atoms with E-state index in [1.807, 2.05) is 8.44 Å². The van der Waals surface area contributed by atoms with Crippen LogP contribution in [0.4, 0.5) is 13.2 Å². The molecular weight excluding hydrogens is 486 g/mol. The molecule has 0 aliphatic carbocycles. The van der Waals surface area contributed by atoms with Crippen LogP contribution in [0, 0.1) is 0 Å². The van der Waals surface area contributed by atoms with Crippen LogP contribution in [0.3, 0.4) is 0 Å². The first kappa shape index (κ1) is 15.2. The van der Waals surface area contributed by atoms with Crippen molar-refractivity contribution in [2.75, 3.05) is 0 Å². The van der Waals surface area contributed by atoms with Crippen molar-refractivity contribution >= 4 is 43.4 Å². The van der Waals surface area contributed by atoms with Crippen molar-refractivity contribution in [3.05, 3.63) is 53.9 Å². The number of fused-ring (bicyclic) bond motifs is 1. The number of carbonyl (C=O) groups excluding carboxylic acids is 1. The van der Waals surface area contributed by atoms with Crippen molar-refractivity contribution in [2.45, 2.75) is 6.18 Å². The van der Waals surface area contributed by atoms with E-state index in [2.05, 4.69) is 4.98 Å². The van der Waals surface area contributed by atoms with Gasteiger partial charge in [-0.1, -0.05) is 0 Å². The van der Waals surface area contributed by atoms with Gasteiger partial charge in [0.25, 0.3) is 0 Å². The first-order chi connectivity index (χ1) is 10.4. The number of hydrogen-bond donors (Lipinski definition) is 0. The first-order valence-corrected chi connectivity index (χ1v) is 8.30. The maximum atomic E-state index is 13.0. The van der Waals surface area contributed by atoms with Gasteiger partial charge in [0, 0.05) is 0 Å². The van der Waals surface area contributed by atoms with E-state index >= 15 is 0 Å². The quantitative estimate of drug-likeness (QED) is 0.405. The molecule has 0 N–H and O–H groups in total. The molecule has 0 amide bonds. The van der Waals surface area contributed by atoms with Crippen LogP contribution in [0.15, 0.2) is 42.7 Å². The molecule has 0 aliphatic heterocycles. The van der Waals surface area contributed by atoms with Crippen LogP contribution in [0.2, 0.25) is 0 Å². The van der Waals surface area contributed by atoms with Crippen LogP contribution in [-0.4, -0.2) is 39.7 Å². The molecule has 3 rings (SSSR count). The van der Waals surface area contributed by atoms with Gasteiger partial charge in [-0.25, -0.2) is 0 Å². The minimum atomic E-state index is -4.56. The molecule has 0 saturated carbocycles. The average molecular weight is 494 g/mol. The molecular formula is C15H8F3N2OTl. The van der Waals surface area contributed by atoms with Crippen molar-refractivity contribution in [1.82, 2.24) is 7.36 Å². The minimum absolute atomic E-state index is 0.226. The van der Waals surface area contributed by atoms with Crippen LogP contribution in [0.5, 0.6) is 0 Å². The van der Waals surface area contributed by atoms with Crippen molar-refractivity contribution in [3.8, 4) is 11.1 Å². The zero-order valence-corrected chi connectivity index (χ0v) is 15.6. The topological polar surface area (TPSA) is 34.9 Å². The van der Waals surface area contributed by atoms with Crippen LogP contribution >= 0.6 is 0 Å². The Morgan fingerprint density at radius 2 is 1.77 bits per heavy atom. The van der Waals surface area contributed by atoms with E-state index in [4.69, 9.17) is 0 Å². The SMILES string of the molecule is O=Cc1ccc(-c2ccc3nc[n]([Tl])c3c2)cc1C(F)(F)F. The molecule has 7 heteroatoms. The fourth-order valence-corrected chi connectivity index (χ4v) is 3.35. The van der Waals surface area contributed by atoms with Crippen molar-refractivity contribution in [3.63, 3.8) is 0 Å². The van der Waals surface area contributed by atoms with E-state index in [-0.39, 0.29) is 11.8 Å². The summed E-state index contributed by atoms with van der Waals surface area (Å²) in [4.78, 5) is 15.0. The number of imidazole rings is 1. The molecule has 1 aromatic heterocycles. The number of nitrogens with zero attached hydrogens (tertiary/aromatic N) is 2. The Balaban J connectivity index is 2.17. The molecule has 0 fully saturated rings. The molecule has 2 aromatic carbocycles. The van der Waals surface area contributed by atoms with E-state index in [0.717, 1.165) is 17.1 Å². The van der Waals surface area contributed by atoms with Gasteiger partial charge in [0.05, 0.1) is 0 Å². The third kappa shape index (κ3) is 2.67. The molecule has 0 radical (unpaired) electrons. The predicted molar refractivity (Wildman–Crippen MR) is 76.7 cm³/mol. The van der Waals surface area contributed by atoms with Crippen LogP contribution in [-0.2, 0) is 6.18 Å². The first-order valence-electron chi connectivity index (χ1n) is 6.29. The molecule has 3 aromatic rings. The van der Waals surface area contributed by atoms with Crippen LogP contribution in [0.1, 0.15) is 15.9 Å².